The molecule has 3 nitrogen and oxygen atoms in total. The van der Waals surface area contributed by atoms with E-state index < -0.39 is 0 Å². The van der Waals surface area contributed by atoms with Gasteiger partial charge in [-0.05, 0) is 53.2 Å². The van der Waals surface area contributed by atoms with Gasteiger partial charge in [-0.25, -0.2) is 0 Å². The number of halogens is 2. The molecule has 0 aliphatic carbocycles. The molecule has 0 N–H and O–H groups in total. The fourth-order valence-electron chi connectivity index (χ4n) is 1.93. The molecule has 1 aromatic heterocycles. The molecule has 0 saturated heterocycles. The number of carbonyl (C=O) groups excluding carboxylic acids is 1. The second kappa shape index (κ2) is 5.72. The SMILES string of the molecule is Cc1c(C(=O)CBr)cc(Br)n1-c1ccc(C#N)cc1. The predicted octanol–water partition coefficient (Wildman–Crippen LogP) is 4.00. The fraction of sp³-hybridized carbons (Fsp3) is 0.143. The number of alkyl halides is 1. The van der Waals surface area contributed by atoms with E-state index in [1.807, 2.05) is 29.7 Å². The van der Waals surface area contributed by atoms with Gasteiger partial charge in [-0.3, -0.25) is 4.79 Å². The van der Waals surface area contributed by atoms with E-state index in [0.29, 0.717) is 16.5 Å². The van der Waals surface area contributed by atoms with Crippen molar-refractivity contribution in [1.29, 1.82) is 5.26 Å². The first-order valence-electron chi connectivity index (χ1n) is 5.56. The third-order valence-corrected chi connectivity index (χ3v) is 3.97. The highest BCUT2D eigenvalue weighted by Gasteiger charge is 2.16. The van der Waals surface area contributed by atoms with Crippen LogP contribution < -0.4 is 0 Å². The van der Waals surface area contributed by atoms with Crippen molar-refractivity contribution in [3.8, 4) is 11.8 Å². The summed E-state index contributed by atoms with van der Waals surface area (Å²) < 4.78 is 2.76. The Hall–Kier alpha value is -1.38. The van der Waals surface area contributed by atoms with E-state index in [4.69, 9.17) is 5.26 Å². The summed E-state index contributed by atoms with van der Waals surface area (Å²) in [7, 11) is 0. The summed E-state index contributed by atoms with van der Waals surface area (Å²) in [5, 5.41) is 9.10. The Balaban J connectivity index is 2.53. The van der Waals surface area contributed by atoms with Gasteiger partial charge in [-0.2, -0.15) is 5.26 Å². The van der Waals surface area contributed by atoms with Gasteiger partial charge >= 0.3 is 0 Å². The number of carbonyl (C=O) groups is 1. The molecule has 0 saturated carbocycles. The lowest BCUT2D eigenvalue weighted by molar-refractivity contribution is 0.102. The zero-order valence-electron chi connectivity index (χ0n) is 10.2. The summed E-state index contributed by atoms with van der Waals surface area (Å²) in [4.78, 5) is 11.8. The van der Waals surface area contributed by atoms with E-state index >= 15 is 0 Å². The van der Waals surface area contributed by atoms with Crippen LogP contribution in [0, 0.1) is 18.3 Å². The standard InChI is InChI=1S/C14H10Br2N2O/c1-9-12(13(19)7-15)6-14(16)18(9)11-4-2-10(8-17)3-5-11/h2-6H,7H2,1H3. The van der Waals surface area contributed by atoms with Gasteiger partial charge in [0.1, 0.15) is 0 Å². The van der Waals surface area contributed by atoms with Crippen LogP contribution in [0.25, 0.3) is 5.69 Å². The smallest absolute Gasteiger partial charge is 0.175 e. The van der Waals surface area contributed by atoms with E-state index in [2.05, 4.69) is 37.9 Å². The van der Waals surface area contributed by atoms with Crippen LogP contribution in [-0.2, 0) is 0 Å². The third kappa shape index (κ3) is 2.65. The van der Waals surface area contributed by atoms with E-state index in [9.17, 15) is 4.79 Å². The molecule has 0 fully saturated rings. The zero-order chi connectivity index (χ0) is 14.0. The largest absolute Gasteiger partial charge is 0.308 e. The highest BCUT2D eigenvalue weighted by atomic mass is 79.9. The second-order valence-electron chi connectivity index (χ2n) is 4.02. The van der Waals surface area contributed by atoms with E-state index in [0.717, 1.165) is 16.0 Å². The van der Waals surface area contributed by atoms with Crippen molar-refractivity contribution in [3.05, 3.63) is 51.8 Å². The molecule has 5 heteroatoms. The van der Waals surface area contributed by atoms with Crippen molar-refractivity contribution >= 4 is 37.6 Å². The van der Waals surface area contributed by atoms with E-state index in [1.54, 1.807) is 12.1 Å². The van der Waals surface area contributed by atoms with Gasteiger partial charge in [0.05, 0.1) is 21.6 Å². The molecule has 0 unspecified atom stereocenters. The average Bonchev–Trinajstić information content (AvgIpc) is 2.73. The Labute approximate surface area is 128 Å². The van der Waals surface area contributed by atoms with Crippen molar-refractivity contribution in [2.45, 2.75) is 6.92 Å². The first kappa shape index (κ1) is 14.0. The number of nitrogens with zero attached hydrogens (tertiary/aromatic N) is 2. The molecular formula is C14H10Br2N2O. The van der Waals surface area contributed by atoms with Crippen LogP contribution in [0.4, 0.5) is 0 Å². The molecule has 96 valence electrons. The van der Waals surface area contributed by atoms with Crippen LogP contribution in [0.15, 0.2) is 34.9 Å². The predicted molar refractivity (Wildman–Crippen MR) is 81.0 cm³/mol. The van der Waals surface area contributed by atoms with Crippen LogP contribution in [0.5, 0.6) is 0 Å². The molecule has 0 amide bonds. The molecule has 1 aromatic carbocycles. The zero-order valence-corrected chi connectivity index (χ0v) is 13.3. The minimum Gasteiger partial charge on any atom is -0.308 e. The molecule has 19 heavy (non-hydrogen) atoms. The van der Waals surface area contributed by atoms with Crippen LogP contribution in [0.2, 0.25) is 0 Å². The lowest BCUT2D eigenvalue weighted by Gasteiger charge is -2.08. The van der Waals surface area contributed by atoms with Crippen LogP contribution >= 0.6 is 31.9 Å². The number of hydrogen-bond acceptors (Lipinski definition) is 2. The Bertz CT molecular complexity index is 666. The number of hydrogen-bond donors (Lipinski definition) is 0. The number of Topliss-reactive ketones (excluding diaryl/α,β-unsaturated/α-hetero) is 1. The summed E-state index contributed by atoms with van der Waals surface area (Å²) in [5.74, 6) is 0.0468. The molecular weight excluding hydrogens is 372 g/mol. The van der Waals surface area contributed by atoms with Crippen molar-refractivity contribution in [1.82, 2.24) is 4.57 Å². The number of benzene rings is 1. The average molecular weight is 382 g/mol. The minimum absolute atomic E-state index is 0.0468. The van der Waals surface area contributed by atoms with Crippen LogP contribution in [0.3, 0.4) is 0 Å². The summed E-state index contributed by atoms with van der Waals surface area (Å²) in [6.45, 7) is 1.90. The monoisotopic (exact) mass is 380 g/mol. The van der Waals surface area contributed by atoms with Gasteiger partial charge in [-0.1, -0.05) is 15.9 Å². The van der Waals surface area contributed by atoms with Gasteiger partial charge in [-0.15, -0.1) is 0 Å². The van der Waals surface area contributed by atoms with Gasteiger partial charge < -0.3 is 4.57 Å². The number of aromatic nitrogens is 1. The molecule has 0 aliphatic rings. The first-order chi connectivity index (χ1) is 9.08. The summed E-state index contributed by atoms with van der Waals surface area (Å²) in [5.41, 5.74) is 3.09. The third-order valence-electron chi connectivity index (χ3n) is 2.88. The van der Waals surface area contributed by atoms with Crippen LogP contribution in [0.1, 0.15) is 21.6 Å². The lowest BCUT2D eigenvalue weighted by Crippen LogP contribution is -2.03. The highest BCUT2D eigenvalue weighted by Crippen LogP contribution is 2.26. The van der Waals surface area contributed by atoms with Gasteiger partial charge in [0.15, 0.2) is 5.78 Å². The molecule has 2 rings (SSSR count). The Morgan fingerprint density at radius 2 is 2.00 bits per heavy atom. The molecule has 0 atom stereocenters. The Kier molecular flexibility index (Phi) is 4.23. The van der Waals surface area contributed by atoms with Crippen molar-refractivity contribution in [3.63, 3.8) is 0 Å². The molecule has 0 bridgehead atoms. The highest BCUT2D eigenvalue weighted by molar-refractivity contribution is 9.10. The quantitative estimate of drug-likeness (QED) is 0.595. The maximum Gasteiger partial charge on any atom is 0.175 e. The maximum absolute atomic E-state index is 11.8. The van der Waals surface area contributed by atoms with Crippen molar-refractivity contribution in [2.75, 3.05) is 5.33 Å². The number of rotatable bonds is 3. The molecule has 2 aromatic rings. The lowest BCUT2D eigenvalue weighted by atomic mass is 10.2. The Morgan fingerprint density at radius 3 is 2.53 bits per heavy atom. The van der Waals surface area contributed by atoms with Crippen LogP contribution in [-0.4, -0.2) is 15.7 Å². The summed E-state index contributed by atoms with van der Waals surface area (Å²) in [6.07, 6.45) is 0. The summed E-state index contributed by atoms with van der Waals surface area (Å²) >= 11 is 6.65. The van der Waals surface area contributed by atoms with Crippen molar-refractivity contribution < 1.29 is 4.79 Å². The van der Waals surface area contributed by atoms with Crippen molar-refractivity contribution in [2.24, 2.45) is 0 Å². The first-order valence-corrected chi connectivity index (χ1v) is 7.47. The second-order valence-corrected chi connectivity index (χ2v) is 5.39. The summed E-state index contributed by atoms with van der Waals surface area (Å²) in [6, 6.07) is 11.1. The minimum atomic E-state index is 0.0468. The Morgan fingerprint density at radius 1 is 1.37 bits per heavy atom. The van der Waals surface area contributed by atoms with E-state index in [-0.39, 0.29) is 5.78 Å². The topological polar surface area (TPSA) is 45.8 Å². The number of nitriles is 1. The number of ketones is 1. The molecule has 0 radical (unpaired) electrons. The normalized spacial score (nSPS) is 10.2. The maximum atomic E-state index is 11.8. The van der Waals surface area contributed by atoms with Gasteiger partial charge in [0.2, 0.25) is 0 Å². The molecule has 1 heterocycles. The molecule has 0 spiro atoms. The van der Waals surface area contributed by atoms with Gasteiger partial charge in [0, 0.05) is 16.9 Å². The fourth-order valence-corrected chi connectivity index (χ4v) is 2.93. The van der Waals surface area contributed by atoms with E-state index in [1.165, 1.54) is 0 Å². The molecule has 0 aliphatic heterocycles. The van der Waals surface area contributed by atoms with Gasteiger partial charge in [0.25, 0.3) is 0 Å².